The molecule has 7 nitrogen and oxygen atoms in total. The number of methoxy groups -OCH3 is 1. The Bertz CT molecular complexity index is 649. The number of hydrogen-bond donors (Lipinski definition) is 0. The van der Waals surface area contributed by atoms with Gasteiger partial charge in [-0.1, -0.05) is 0 Å². The van der Waals surface area contributed by atoms with Gasteiger partial charge in [0.2, 0.25) is 6.10 Å². The van der Waals surface area contributed by atoms with E-state index in [1.807, 2.05) is 12.1 Å². The zero-order valence-electron chi connectivity index (χ0n) is 13.1. The summed E-state index contributed by atoms with van der Waals surface area (Å²) in [6.07, 6.45) is -0.599. The van der Waals surface area contributed by atoms with E-state index in [0.29, 0.717) is 5.75 Å². The molecule has 0 bridgehead atoms. The van der Waals surface area contributed by atoms with Gasteiger partial charge in [-0.3, -0.25) is 9.59 Å². The minimum atomic E-state index is -1.14. The lowest BCUT2D eigenvalue weighted by atomic mass is 10.2. The van der Waals surface area contributed by atoms with E-state index in [1.54, 1.807) is 19.2 Å². The van der Waals surface area contributed by atoms with Crippen LogP contribution < -0.4 is 4.74 Å². The molecule has 0 fully saturated rings. The maximum absolute atomic E-state index is 12.4. The van der Waals surface area contributed by atoms with Gasteiger partial charge in [-0.2, -0.15) is 4.58 Å². The van der Waals surface area contributed by atoms with Crippen molar-refractivity contribution in [2.24, 2.45) is 0 Å². The smallest absolute Gasteiger partial charge is 0.432 e. The Morgan fingerprint density at radius 2 is 1.70 bits per heavy atom. The van der Waals surface area contributed by atoms with E-state index in [-0.39, 0.29) is 6.54 Å². The minimum Gasteiger partial charge on any atom is -0.497 e. The first-order valence-corrected chi connectivity index (χ1v) is 7.03. The molecule has 23 heavy (non-hydrogen) atoms. The van der Waals surface area contributed by atoms with Crippen LogP contribution in [0.25, 0.3) is 0 Å². The number of amides is 1. The van der Waals surface area contributed by atoms with Crippen LogP contribution in [-0.2, 0) is 30.4 Å². The monoisotopic (exact) mass is 320 g/mol. The van der Waals surface area contributed by atoms with Gasteiger partial charge in [0.25, 0.3) is 6.10 Å². The number of rotatable bonds is 5. The van der Waals surface area contributed by atoms with Crippen LogP contribution in [-0.4, -0.2) is 48.0 Å². The van der Waals surface area contributed by atoms with Gasteiger partial charge in [-0.25, -0.2) is 4.79 Å². The molecular formula is C16H18NO6+. The average Bonchev–Trinajstić information content (AvgIpc) is 2.76. The van der Waals surface area contributed by atoms with E-state index in [2.05, 4.69) is 0 Å². The summed E-state index contributed by atoms with van der Waals surface area (Å²) in [5.74, 6) is -0.883. The van der Waals surface area contributed by atoms with E-state index in [0.717, 1.165) is 5.56 Å². The Hall–Kier alpha value is -2.70. The number of benzene rings is 1. The van der Waals surface area contributed by atoms with Crippen molar-refractivity contribution in [3.63, 3.8) is 0 Å². The van der Waals surface area contributed by atoms with Gasteiger partial charge in [0, 0.05) is 19.4 Å². The summed E-state index contributed by atoms with van der Waals surface area (Å²) in [5, 5.41) is 0. The molecule has 122 valence electrons. The number of carbonyl (C=O) groups excluding carboxylic acids is 3. The molecule has 0 spiro atoms. The predicted octanol–water partition coefficient (Wildman–Crippen LogP) is 0.682. The van der Waals surface area contributed by atoms with Gasteiger partial charge < -0.3 is 14.2 Å². The highest BCUT2D eigenvalue weighted by Crippen LogP contribution is 2.16. The molecule has 1 aromatic rings. The van der Waals surface area contributed by atoms with Gasteiger partial charge >= 0.3 is 17.8 Å². The number of nitrogens with zero attached hydrogens (tertiary/aromatic N) is 1. The molecule has 0 saturated heterocycles. The van der Waals surface area contributed by atoms with Crippen molar-refractivity contribution < 1.29 is 33.2 Å². The second kappa shape index (κ2) is 7.04. The summed E-state index contributed by atoms with van der Waals surface area (Å²) in [5.41, 5.74) is 0.862. The van der Waals surface area contributed by atoms with Gasteiger partial charge in [0.15, 0.2) is 12.8 Å². The minimum absolute atomic E-state index is 0.276. The van der Waals surface area contributed by atoms with Crippen molar-refractivity contribution in [3.05, 3.63) is 29.8 Å². The van der Waals surface area contributed by atoms with Crippen LogP contribution >= 0.6 is 0 Å². The molecule has 2 rings (SSSR count). The first-order chi connectivity index (χ1) is 10.9. The van der Waals surface area contributed by atoms with Crippen molar-refractivity contribution in [1.82, 2.24) is 0 Å². The second-order valence-corrected chi connectivity index (χ2v) is 5.07. The highest BCUT2D eigenvalue weighted by atomic mass is 16.6. The number of esters is 2. The van der Waals surface area contributed by atoms with Crippen LogP contribution in [0.2, 0.25) is 0 Å². The fourth-order valence-corrected chi connectivity index (χ4v) is 2.27. The zero-order valence-corrected chi connectivity index (χ0v) is 13.1. The molecule has 1 aliphatic rings. The SMILES string of the molecule is COc1ccc(C[N+]2=C[C@H](OC(C)=O)[C@@H](OC(C)=O)C2=O)cc1. The first-order valence-electron chi connectivity index (χ1n) is 7.03. The molecule has 1 aromatic carbocycles. The number of carbonyl (C=O) groups is 3. The van der Waals surface area contributed by atoms with Crippen molar-refractivity contribution in [1.29, 1.82) is 0 Å². The summed E-state index contributed by atoms with van der Waals surface area (Å²) < 4.78 is 16.5. The van der Waals surface area contributed by atoms with Crippen molar-refractivity contribution in [3.8, 4) is 5.75 Å². The predicted molar refractivity (Wildman–Crippen MR) is 79.1 cm³/mol. The lowest BCUT2D eigenvalue weighted by molar-refractivity contribution is -0.458. The Morgan fingerprint density at radius 3 is 2.22 bits per heavy atom. The van der Waals surface area contributed by atoms with E-state index < -0.39 is 30.1 Å². The number of ether oxygens (including phenoxy) is 3. The third-order valence-corrected chi connectivity index (χ3v) is 3.26. The summed E-state index contributed by atoms with van der Waals surface area (Å²) in [4.78, 5) is 34.7. The quantitative estimate of drug-likeness (QED) is 0.586. The van der Waals surface area contributed by atoms with Crippen LogP contribution in [0.5, 0.6) is 5.75 Å². The largest absolute Gasteiger partial charge is 0.497 e. The molecule has 7 heteroatoms. The molecule has 0 aliphatic carbocycles. The van der Waals surface area contributed by atoms with Crippen molar-refractivity contribution in [2.75, 3.05) is 7.11 Å². The van der Waals surface area contributed by atoms with Gasteiger partial charge in [0.1, 0.15) is 5.75 Å². The Morgan fingerprint density at radius 1 is 1.09 bits per heavy atom. The molecule has 0 radical (unpaired) electrons. The lowest BCUT2D eigenvalue weighted by Crippen LogP contribution is -2.37. The summed E-state index contributed by atoms with van der Waals surface area (Å²) >= 11 is 0. The maximum atomic E-state index is 12.4. The molecule has 0 unspecified atom stereocenters. The van der Waals surface area contributed by atoms with Crippen molar-refractivity contribution >= 4 is 24.1 Å². The van der Waals surface area contributed by atoms with Crippen LogP contribution in [0, 0.1) is 0 Å². The third-order valence-electron chi connectivity index (χ3n) is 3.26. The van der Waals surface area contributed by atoms with E-state index in [9.17, 15) is 14.4 Å². The van der Waals surface area contributed by atoms with Crippen molar-refractivity contribution in [2.45, 2.75) is 32.6 Å². The van der Waals surface area contributed by atoms with E-state index >= 15 is 0 Å². The Labute approximate surface area is 133 Å². The molecule has 1 aliphatic heterocycles. The lowest BCUT2D eigenvalue weighted by Gasteiger charge is -2.12. The molecule has 0 aromatic heterocycles. The van der Waals surface area contributed by atoms with Crippen LogP contribution in [0.4, 0.5) is 0 Å². The third kappa shape index (κ3) is 4.15. The van der Waals surface area contributed by atoms with Gasteiger partial charge in [-0.05, 0) is 24.3 Å². The fraction of sp³-hybridized carbons (Fsp3) is 0.375. The molecule has 0 N–H and O–H groups in total. The molecular weight excluding hydrogens is 302 g/mol. The number of hydrogen-bond acceptors (Lipinski definition) is 6. The Kier molecular flexibility index (Phi) is 5.10. The van der Waals surface area contributed by atoms with Crippen LogP contribution in [0.15, 0.2) is 24.3 Å². The highest BCUT2D eigenvalue weighted by Gasteiger charge is 2.48. The molecule has 2 atom stereocenters. The normalized spacial score (nSPS) is 20.0. The molecule has 1 heterocycles. The second-order valence-electron chi connectivity index (χ2n) is 5.07. The zero-order chi connectivity index (χ0) is 17.0. The van der Waals surface area contributed by atoms with Crippen LogP contribution in [0.1, 0.15) is 19.4 Å². The average molecular weight is 320 g/mol. The van der Waals surface area contributed by atoms with E-state index in [1.165, 1.54) is 24.6 Å². The summed E-state index contributed by atoms with van der Waals surface area (Å²) in [6.45, 7) is 2.71. The van der Waals surface area contributed by atoms with Gasteiger partial charge in [-0.15, -0.1) is 0 Å². The first kappa shape index (κ1) is 16.7. The van der Waals surface area contributed by atoms with E-state index in [4.69, 9.17) is 14.2 Å². The molecule has 1 amide bonds. The van der Waals surface area contributed by atoms with Gasteiger partial charge in [0.05, 0.1) is 7.11 Å². The van der Waals surface area contributed by atoms with Crippen LogP contribution in [0.3, 0.4) is 0 Å². The topological polar surface area (TPSA) is 81.9 Å². The highest BCUT2D eigenvalue weighted by molar-refractivity contribution is 5.90. The molecule has 0 saturated carbocycles. The maximum Gasteiger partial charge on any atom is 0.432 e. The summed E-state index contributed by atoms with van der Waals surface area (Å²) in [7, 11) is 1.57. The summed E-state index contributed by atoms with van der Waals surface area (Å²) in [6, 6.07) is 7.20. The fourth-order valence-electron chi connectivity index (χ4n) is 2.27. The Balaban J connectivity index is 2.17. The standard InChI is InChI=1S/C16H18NO6/c1-10(18)22-14-9-17(16(20)15(14)23-11(2)19)8-12-4-6-13(21-3)7-5-12/h4-7,9,14-15H,8H2,1-3H3/q+1/t14-,15+/m0/s1.